The second-order valence-corrected chi connectivity index (χ2v) is 8.72. The Hall–Kier alpha value is -3.60. The van der Waals surface area contributed by atoms with Gasteiger partial charge in [0, 0.05) is 45.0 Å². The maximum absolute atomic E-state index is 12.7. The molecule has 1 aromatic heterocycles. The number of hydrogen-bond acceptors (Lipinski definition) is 6. The van der Waals surface area contributed by atoms with Crippen LogP contribution in [0.2, 0.25) is 0 Å². The third-order valence-corrected chi connectivity index (χ3v) is 6.73. The number of benzene rings is 1. The van der Waals surface area contributed by atoms with Gasteiger partial charge in [-0.15, -0.1) is 0 Å². The van der Waals surface area contributed by atoms with E-state index in [-0.39, 0.29) is 17.8 Å². The van der Waals surface area contributed by atoms with E-state index in [0.717, 1.165) is 42.4 Å². The summed E-state index contributed by atoms with van der Waals surface area (Å²) in [5, 5.41) is 18.8. The Balaban J connectivity index is 1.34. The Kier molecular flexibility index (Phi) is 6.26. The highest BCUT2D eigenvalue weighted by molar-refractivity contribution is 7.17. The third-order valence-electron chi connectivity index (χ3n) is 5.67. The predicted molar refractivity (Wildman–Crippen MR) is 128 cm³/mol. The SMILES string of the molecule is N=C(N)N1CC=C(c2ccc(NC(=O)c3cnc(N4CCN(C(=N)N)CC4)s3)cc2)CC1. The van der Waals surface area contributed by atoms with Crippen LogP contribution in [0.1, 0.15) is 21.7 Å². The van der Waals surface area contributed by atoms with Crippen LogP contribution in [0, 0.1) is 10.8 Å². The lowest BCUT2D eigenvalue weighted by Gasteiger charge is -2.34. The van der Waals surface area contributed by atoms with Crippen molar-refractivity contribution in [3.63, 3.8) is 0 Å². The van der Waals surface area contributed by atoms with Gasteiger partial charge in [0.1, 0.15) is 4.88 Å². The number of piperazine rings is 1. The van der Waals surface area contributed by atoms with Crippen LogP contribution >= 0.6 is 11.3 Å². The van der Waals surface area contributed by atoms with Crippen molar-refractivity contribution >= 4 is 45.6 Å². The summed E-state index contributed by atoms with van der Waals surface area (Å²) in [5.74, 6) is 0.00782. The summed E-state index contributed by atoms with van der Waals surface area (Å²) < 4.78 is 0. The zero-order valence-corrected chi connectivity index (χ0v) is 18.5. The van der Waals surface area contributed by atoms with Gasteiger partial charge in [-0.05, 0) is 29.7 Å². The first kappa shape index (κ1) is 21.6. The molecule has 0 bridgehead atoms. The number of amides is 1. The third kappa shape index (κ3) is 4.83. The number of nitrogens with one attached hydrogen (secondary N) is 3. The number of thiazole rings is 1. The summed E-state index contributed by atoms with van der Waals surface area (Å²) in [4.78, 5) is 23.4. The molecule has 2 aliphatic rings. The van der Waals surface area contributed by atoms with Crippen molar-refractivity contribution in [3.05, 3.63) is 47.0 Å². The van der Waals surface area contributed by atoms with Crippen molar-refractivity contribution in [2.24, 2.45) is 11.5 Å². The highest BCUT2D eigenvalue weighted by atomic mass is 32.1. The first-order valence-corrected chi connectivity index (χ1v) is 11.2. The molecule has 0 saturated carbocycles. The summed E-state index contributed by atoms with van der Waals surface area (Å²) >= 11 is 1.36. The topological polar surface area (TPSA) is 151 Å². The molecule has 2 aromatic rings. The molecule has 0 unspecified atom stereocenters. The molecule has 3 heterocycles. The Bertz CT molecular complexity index is 1040. The lowest BCUT2D eigenvalue weighted by Crippen LogP contribution is -2.50. The number of guanidine groups is 2. The van der Waals surface area contributed by atoms with Gasteiger partial charge in [-0.2, -0.15) is 0 Å². The molecule has 168 valence electrons. The van der Waals surface area contributed by atoms with Crippen molar-refractivity contribution in [1.29, 1.82) is 10.8 Å². The van der Waals surface area contributed by atoms with Gasteiger partial charge in [0.15, 0.2) is 17.1 Å². The summed E-state index contributed by atoms with van der Waals surface area (Å²) in [6.45, 7) is 4.15. The van der Waals surface area contributed by atoms with Gasteiger partial charge in [0.25, 0.3) is 5.91 Å². The molecule has 7 N–H and O–H groups in total. The lowest BCUT2D eigenvalue weighted by molar-refractivity contribution is 0.103. The number of anilines is 2. The van der Waals surface area contributed by atoms with E-state index in [0.29, 0.717) is 24.5 Å². The van der Waals surface area contributed by atoms with Gasteiger partial charge in [0.2, 0.25) is 0 Å². The average Bonchev–Trinajstić information content (AvgIpc) is 3.30. The quantitative estimate of drug-likeness (QED) is 0.346. The van der Waals surface area contributed by atoms with Gasteiger partial charge in [-0.1, -0.05) is 29.5 Å². The number of nitrogens with zero attached hydrogens (tertiary/aromatic N) is 4. The molecule has 0 aliphatic carbocycles. The van der Waals surface area contributed by atoms with E-state index in [2.05, 4.69) is 21.3 Å². The molecule has 32 heavy (non-hydrogen) atoms. The van der Waals surface area contributed by atoms with Crippen molar-refractivity contribution in [3.8, 4) is 0 Å². The normalized spacial score (nSPS) is 16.5. The lowest BCUT2D eigenvalue weighted by atomic mass is 9.99. The van der Waals surface area contributed by atoms with Crippen LogP contribution < -0.4 is 21.7 Å². The number of carbonyl (C=O) groups excluding carboxylic acids is 1. The zero-order chi connectivity index (χ0) is 22.7. The van der Waals surface area contributed by atoms with E-state index < -0.39 is 0 Å². The second kappa shape index (κ2) is 9.27. The Labute approximate surface area is 190 Å². The second-order valence-electron chi connectivity index (χ2n) is 7.71. The minimum Gasteiger partial charge on any atom is -0.370 e. The smallest absolute Gasteiger partial charge is 0.267 e. The highest BCUT2D eigenvalue weighted by Gasteiger charge is 2.21. The van der Waals surface area contributed by atoms with Gasteiger partial charge in [0.05, 0.1) is 6.20 Å². The molecule has 10 nitrogen and oxygen atoms in total. The van der Waals surface area contributed by atoms with E-state index in [4.69, 9.17) is 22.3 Å². The van der Waals surface area contributed by atoms with E-state index in [1.54, 1.807) is 6.20 Å². The molecule has 4 rings (SSSR count). The highest BCUT2D eigenvalue weighted by Crippen LogP contribution is 2.26. The molecule has 2 aliphatic heterocycles. The van der Waals surface area contributed by atoms with Crippen LogP contribution in [-0.4, -0.2) is 71.9 Å². The number of hydrogen-bond donors (Lipinski definition) is 5. The molecule has 1 amide bonds. The number of nitrogens with two attached hydrogens (primary N) is 2. The van der Waals surface area contributed by atoms with Crippen LogP contribution in [0.15, 0.2) is 36.5 Å². The standard InChI is InChI=1S/C21H27N9OS/c22-19(23)28-7-5-15(6-8-28)14-1-3-16(4-2-14)27-18(31)17-13-26-21(32-17)30-11-9-29(10-12-30)20(24)25/h1-5,13H,6-12H2,(H3,22,23)(H3,24,25)(H,27,31). The van der Waals surface area contributed by atoms with Crippen LogP contribution in [0.3, 0.4) is 0 Å². The molecular weight excluding hydrogens is 426 g/mol. The summed E-state index contributed by atoms with van der Waals surface area (Å²) in [6, 6.07) is 7.79. The molecular formula is C21H27N9OS. The molecule has 0 atom stereocenters. The minimum atomic E-state index is -0.183. The zero-order valence-electron chi connectivity index (χ0n) is 17.7. The van der Waals surface area contributed by atoms with E-state index in [1.807, 2.05) is 34.1 Å². The maximum Gasteiger partial charge on any atom is 0.267 e. The van der Waals surface area contributed by atoms with Crippen LogP contribution in [-0.2, 0) is 0 Å². The largest absolute Gasteiger partial charge is 0.370 e. The van der Waals surface area contributed by atoms with Crippen LogP contribution in [0.5, 0.6) is 0 Å². The predicted octanol–water partition coefficient (Wildman–Crippen LogP) is 1.39. The molecule has 1 saturated heterocycles. The van der Waals surface area contributed by atoms with Gasteiger partial charge < -0.3 is 31.5 Å². The molecule has 11 heteroatoms. The van der Waals surface area contributed by atoms with E-state index >= 15 is 0 Å². The van der Waals surface area contributed by atoms with Gasteiger partial charge in [-0.3, -0.25) is 15.6 Å². The van der Waals surface area contributed by atoms with Crippen molar-refractivity contribution < 1.29 is 4.79 Å². The summed E-state index contributed by atoms with van der Waals surface area (Å²) in [5.41, 5.74) is 14.1. The Morgan fingerprint density at radius 1 is 1.00 bits per heavy atom. The monoisotopic (exact) mass is 453 g/mol. The fourth-order valence-electron chi connectivity index (χ4n) is 3.77. The number of rotatable bonds is 4. The van der Waals surface area contributed by atoms with Gasteiger partial charge in [-0.25, -0.2) is 4.98 Å². The van der Waals surface area contributed by atoms with Crippen molar-refractivity contribution in [2.75, 3.05) is 49.5 Å². The number of aromatic nitrogens is 1. The first-order chi connectivity index (χ1) is 15.4. The molecule has 0 radical (unpaired) electrons. The van der Waals surface area contributed by atoms with Crippen molar-refractivity contribution in [2.45, 2.75) is 6.42 Å². The average molecular weight is 454 g/mol. The molecule has 0 spiro atoms. The van der Waals surface area contributed by atoms with Gasteiger partial charge >= 0.3 is 0 Å². The van der Waals surface area contributed by atoms with Crippen LogP contribution in [0.25, 0.3) is 5.57 Å². The minimum absolute atomic E-state index is 0.0904. The van der Waals surface area contributed by atoms with Crippen LogP contribution in [0.4, 0.5) is 10.8 Å². The maximum atomic E-state index is 12.7. The summed E-state index contributed by atoms with van der Waals surface area (Å²) in [6.07, 6.45) is 4.53. The molecule has 1 aromatic carbocycles. The Morgan fingerprint density at radius 2 is 1.69 bits per heavy atom. The van der Waals surface area contributed by atoms with Crippen molar-refractivity contribution in [1.82, 2.24) is 14.8 Å². The Morgan fingerprint density at radius 3 is 2.28 bits per heavy atom. The molecule has 1 fully saturated rings. The fraction of sp³-hybridized carbons (Fsp3) is 0.333. The fourth-order valence-corrected chi connectivity index (χ4v) is 4.63. The first-order valence-electron chi connectivity index (χ1n) is 10.4. The summed E-state index contributed by atoms with van der Waals surface area (Å²) in [7, 11) is 0. The van der Waals surface area contributed by atoms with E-state index in [9.17, 15) is 4.79 Å². The number of carbonyl (C=O) groups is 1. The van der Waals surface area contributed by atoms with E-state index in [1.165, 1.54) is 16.9 Å².